The van der Waals surface area contributed by atoms with Gasteiger partial charge >= 0.3 is 0 Å². The fraction of sp³-hybridized carbons (Fsp3) is 0.538. The van der Waals surface area contributed by atoms with Gasteiger partial charge in [-0.3, -0.25) is 0 Å². The smallest absolute Gasteiger partial charge is 0.240 e. The van der Waals surface area contributed by atoms with Crippen LogP contribution in [0.25, 0.3) is 0 Å². The Balaban J connectivity index is 0.00000220. The molecular formula is C13H19Cl3N2O2S. The molecule has 1 heterocycles. The minimum Gasteiger partial charge on any atom is -0.316 e. The molecule has 0 aromatic heterocycles. The highest BCUT2D eigenvalue weighted by Crippen LogP contribution is 2.27. The number of sulfonamides is 1. The third-order valence-electron chi connectivity index (χ3n) is 3.53. The summed E-state index contributed by atoms with van der Waals surface area (Å²) in [6.07, 6.45) is 2.11. The highest BCUT2D eigenvalue weighted by atomic mass is 35.5. The first-order chi connectivity index (χ1) is 9.40. The van der Waals surface area contributed by atoms with Crippen LogP contribution in [-0.2, 0) is 10.0 Å². The predicted octanol–water partition coefficient (Wildman–Crippen LogP) is 3.00. The van der Waals surface area contributed by atoms with Crippen molar-refractivity contribution in [2.45, 2.75) is 24.7 Å². The summed E-state index contributed by atoms with van der Waals surface area (Å²) >= 11 is 12.0. The van der Waals surface area contributed by atoms with Crippen molar-refractivity contribution in [3.8, 4) is 0 Å². The molecule has 2 rings (SSSR count). The van der Waals surface area contributed by atoms with Gasteiger partial charge in [-0.2, -0.15) is 0 Å². The lowest BCUT2D eigenvalue weighted by Crippen LogP contribution is -2.38. The quantitative estimate of drug-likeness (QED) is 0.853. The topological polar surface area (TPSA) is 58.2 Å². The highest BCUT2D eigenvalue weighted by molar-refractivity contribution is 7.89. The summed E-state index contributed by atoms with van der Waals surface area (Å²) in [5, 5.41) is 3.98. The van der Waals surface area contributed by atoms with E-state index in [0.717, 1.165) is 25.9 Å². The van der Waals surface area contributed by atoms with E-state index >= 15 is 0 Å². The number of rotatable bonds is 4. The van der Waals surface area contributed by atoms with Gasteiger partial charge in [-0.25, -0.2) is 13.1 Å². The first kappa shape index (κ1) is 19.0. The van der Waals surface area contributed by atoms with Crippen LogP contribution in [-0.4, -0.2) is 28.1 Å². The lowest BCUT2D eigenvalue weighted by Gasteiger charge is -2.22. The Morgan fingerprint density at radius 3 is 2.48 bits per heavy atom. The lowest BCUT2D eigenvalue weighted by molar-refractivity contribution is 0.376. The summed E-state index contributed by atoms with van der Waals surface area (Å²) in [5.41, 5.74) is 0.684. The average molecular weight is 374 g/mol. The summed E-state index contributed by atoms with van der Waals surface area (Å²) in [6.45, 7) is 4.03. The Labute approximate surface area is 142 Å². The molecule has 0 aliphatic carbocycles. The molecule has 1 unspecified atom stereocenters. The monoisotopic (exact) mass is 372 g/mol. The van der Waals surface area contributed by atoms with Crippen molar-refractivity contribution in [1.29, 1.82) is 0 Å². The molecule has 1 atom stereocenters. The normalized spacial score (nSPS) is 19.1. The van der Waals surface area contributed by atoms with Crippen molar-refractivity contribution < 1.29 is 8.42 Å². The molecule has 0 saturated carbocycles. The minimum absolute atomic E-state index is 0. The molecule has 8 heteroatoms. The van der Waals surface area contributed by atoms with Crippen LogP contribution in [0.1, 0.15) is 18.4 Å². The maximum atomic E-state index is 12.2. The average Bonchev–Trinajstić information content (AvgIpc) is 2.43. The van der Waals surface area contributed by atoms with E-state index < -0.39 is 10.0 Å². The van der Waals surface area contributed by atoms with Crippen LogP contribution in [0.4, 0.5) is 0 Å². The summed E-state index contributed by atoms with van der Waals surface area (Å²) in [5.74, 6) is 0.329. The van der Waals surface area contributed by atoms with E-state index in [1.54, 1.807) is 6.92 Å². The third kappa shape index (κ3) is 4.98. The third-order valence-corrected chi connectivity index (χ3v) is 5.71. The van der Waals surface area contributed by atoms with E-state index in [1.807, 2.05) is 0 Å². The SMILES string of the molecule is Cc1c(Cl)cc(S(=O)(=O)NCC2CCCNC2)cc1Cl.Cl. The first-order valence-corrected chi connectivity index (χ1v) is 8.80. The first-order valence-electron chi connectivity index (χ1n) is 6.56. The van der Waals surface area contributed by atoms with E-state index in [4.69, 9.17) is 23.2 Å². The Kier molecular flexibility index (Phi) is 7.24. The summed E-state index contributed by atoms with van der Waals surface area (Å²) in [6, 6.07) is 2.87. The molecule has 1 aromatic carbocycles. The van der Waals surface area contributed by atoms with Crippen LogP contribution in [0, 0.1) is 12.8 Å². The van der Waals surface area contributed by atoms with Crippen molar-refractivity contribution in [1.82, 2.24) is 10.0 Å². The van der Waals surface area contributed by atoms with Gasteiger partial charge < -0.3 is 5.32 Å². The van der Waals surface area contributed by atoms with Crippen LogP contribution in [0.3, 0.4) is 0 Å². The zero-order valence-electron chi connectivity index (χ0n) is 11.7. The minimum atomic E-state index is -3.57. The fourth-order valence-electron chi connectivity index (χ4n) is 2.19. The Bertz CT molecular complexity index is 564. The zero-order chi connectivity index (χ0) is 14.8. The largest absolute Gasteiger partial charge is 0.316 e. The van der Waals surface area contributed by atoms with E-state index in [2.05, 4.69) is 10.0 Å². The van der Waals surface area contributed by atoms with Crippen molar-refractivity contribution in [2.75, 3.05) is 19.6 Å². The van der Waals surface area contributed by atoms with Crippen LogP contribution in [0.2, 0.25) is 10.0 Å². The van der Waals surface area contributed by atoms with Crippen molar-refractivity contribution in [3.63, 3.8) is 0 Å². The lowest BCUT2D eigenvalue weighted by atomic mass is 10.0. The Morgan fingerprint density at radius 1 is 1.33 bits per heavy atom. The molecule has 0 amide bonds. The molecule has 0 bridgehead atoms. The predicted molar refractivity (Wildman–Crippen MR) is 89.2 cm³/mol. The van der Waals surface area contributed by atoms with E-state index in [-0.39, 0.29) is 17.3 Å². The van der Waals surface area contributed by atoms with Gasteiger partial charge in [0.15, 0.2) is 0 Å². The molecule has 2 N–H and O–H groups in total. The van der Waals surface area contributed by atoms with Gasteiger partial charge in [0.2, 0.25) is 10.0 Å². The van der Waals surface area contributed by atoms with Gasteiger partial charge in [-0.1, -0.05) is 23.2 Å². The second-order valence-corrected chi connectivity index (χ2v) is 7.66. The van der Waals surface area contributed by atoms with E-state index in [1.165, 1.54) is 12.1 Å². The second-order valence-electron chi connectivity index (χ2n) is 5.08. The zero-order valence-corrected chi connectivity index (χ0v) is 14.8. The molecular weight excluding hydrogens is 355 g/mol. The van der Waals surface area contributed by atoms with Gasteiger partial charge in [-0.05, 0) is 56.5 Å². The van der Waals surface area contributed by atoms with Gasteiger partial charge in [0.1, 0.15) is 0 Å². The molecule has 1 aromatic rings. The van der Waals surface area contributed by atoms with Crippen LogP contribution in [0.15, 0.2) is 17.0 Å². The molecule has 21 heavy (non-hydrogen) atoms. The number of benzene rings is 1. The number of piperidine rings is 1. The van der Waals surface area contributed by atoms with Gasteiger partial charge in [0, 0.05) is 16.6 Å². The molecule has 1 fully saturated rings. The summed E-state index contributed by atoms with van der Waals surface area (Å²) < 4.78 is 27.1. The number of halogens is 3. The standard InChI is InChI=1S/C13H18Cl2N2O2S.ClH/c1-9-12(14)5-11(6-13(9)15)20(18,19)17-8-10-3-2-4-16-7-10;/h5-6,10,16-17H,2-4,7-8H2,1H3;1H. The molecule has 0 radical (unpaired) electrons. The van der Waals surface area contributed by atoms with E-state index in [9.17, 15) is 8.42 Å². The van der Waals surface area contributed by atoms with Crippen LogP contribution in [0.5, 0.6) is 0 Å². The van der Waals surface area contributed by atoms with E-state index in [0.29, 0.717) is 28.1 Å². The molecule has 120 valence electrons. The number of hydrogen-bond donors (Lipinski definition) is 2. The maximum Gasteiger partial charge on any atom is 0.240 e. The van der Waals surface area contributed by atoms with Crippen molar-refractivity contribution >= 4 is 45.6 Å². The molecule has 1 aliphatic heterocycles. The van der Waals surface area contributed by atoms with Crippen LogP contribution >= 0.6 is 35.6 Å². The fourth-order valence-corrected chi connectivity index (χ4v) is 3.97. The summed E-state index contributed by atoms with van der Waals surface area (Å²) in [4.78, 5) is 0.113. The van der Waals surface area contributed by atoms with Crippen molar-refractivity contribution in [3.05, 3.63) is 27.7 Å². The highest BCUT2D eigenvalue weighted by Gasteiger charge is 2.20. The van der Waals surface area contributed by atoms with Gasteiger partial charge in [0.25, 0.3) is 0 Å². The molecule has 0 spiro atoms. The van der Waals surface area contributed by atoms with Crippen LogP contribution < -0.4 is 10.0 Å². The number of nitrogens with one attached hydrogen (secondary N) is 2. The molecule has 1 aliphatic rings. The molecule has 1 saturated heterocycles. The van der Waals surface area contributed by atoms with Gasteiger partial charge in [-0.15, -0.1) is 12.4 Å². The van der Waals surface area contributed by atoms with Crippen molar-refractivity contribution in [2.24, 2.45) is 5.92 Å². The summed E-state index contributed by atoms with van der Waals surface area (Å²) in [7, 11) is -3.57. The van der Waals surface area contributed by atoms with Gasteiger partial charge in [0.05, 0.1) is 4.90 Å². The Hall–Kier alpha value is -0.0400. The number of hydrogen-bond acceptors (Lipinski definition) is 3. The molecule has 4 nitrogen and oxygen atoms in total. The second kappa shape index (κ2) is 7.99. The Morgan fingerprint density at radius 2 is 1.95 bits per heavy atom. The maximum absolute atomic E-state index is 12.2.